The SMILES string of the molecule is Cc1ccc(NC(C)C)cc1-c1ncco1. The van der Waals surface area contributed by atoms with Gasteiger partial charge in [0.25, 0.3) is 0 Å². The highest BCUT2D eigenvalue weighted by Gasteiger charge is 2.07. The molecule has 1 heterocycles. The molecular formula is C13H16N2O. The maximum Gasteiger partial charge on any atom is 0.226 e. The van der Waals surface area contributed by atoms with Crippen LogP contribution in [0.5, 0.6) is 0 Å². The van der Waals surface area contributed by atoms with Crippen LogP contribution in [0.4, 0.5) is 5.69 Å². The van der Waals surface area contributed by atoms with Crippen molar-refractivity contribution in [3.63, 3.8) is 0 Å². The Bertz CT molecular complexity index is 461. The summed E-state index contributed by atoms with van der Waals surface area (Å²) < 4.78 is 5.32. The van der Waals surface area contributed by atoms with Crippen molar-refractivity contribution in [2.45, 2.75) is 26.8 Å². The minimum Gasteiger partial charge on any atom is -0.445 e. The van der Waals surface area contributed by atoms with Crippen LogP contribution in [0.25, 0.3) is 11.5 Å². The predicted octanol–water partition coefficient (Wildman–Crippen LogP) is 3.47. The molecule has 1 aromatic heterocycles. The van der Waals surface area contributed by atoms with E-state index in [1.54, 1.807) is 12.5 Å². The lowest BCUT2D eigenvalue weighted by Crippen LogP contribution is -2.09. The van der Waals surface area contributed by atoms with Gasteiger partial charge < -0.3 is 9.73 Å². The molecule has 84 valence electrons. The Balaban J connectivity index is 2.37. The van der Waals surface area contributed by atoms with Gasteiger partial charge in [0.15, 0.2) is 0 Å². The number of oxazole rings is 1. The third-order valence-electron chi connectivity index (χ3n) is 2.36. The molecule has 0 spiro atoms. The molecule has 1 N–H and O–H groups in total. The monoisotopic (exact) mass is 216 g/mol. The lowest BCUT2D eigenvalue weighted by Gasteiger charge is -2.11. The molecule has 0 fully saturated rings. The van der Waals surface area contributed by atoms with Crippen LogP contribution in [-0.4, -0.2) is 11.0 Å². The molecule has 0 bridgehead atoms. The van der Waals surface area contributed by atoms with Crippen molar-refractivity contribution in [3.05, 3.63) is 36.2 Å². The molecular weight excluding hydrogens is 200 g/mol. The summed E-state index contributed by atoms with van der Waals surface area (Å²) in [7, 11) is 0. The Morgan fingerprint density at radius 2 is 2.12 bits per heavy atom. The Labute approximate surface area is 95.5 Å². The van der Waals surface area contributed by atoms with Gasteiger partial charge in [-0.2, -0.15) is 0 Å². The van der Waals surface area contributed by atoms with E-state index in [9.17, 15) is 0 Å². The van der Waals surface area contributed by atoms with Crippen molar-refractivity contribution in [2.75, 3.05) is 5.32 Å². The van der Waals surface area contributed by atoms with Crippen molar-refractivity contribution in [1.29, 1.82) is 0 Å². The van der Waals surface area contributed by atoms with E-state index in [-0.39, 0.29) is 0 Å². The lowest BCUT2D eigenvalue weighted by molar-refractivity contribution is 0.574. The van der Waals surface area contributed by atoms with Crippen LogP contribution < -0.4 is 5.32 Å². The average Bonchev–Trinajstić information content (AvgIpc) is 2.73. The highest BCUT2D eigenvalue weighted by atomic mass is 16.3. The molecule has 0 radical (unpaired) electrons. The maximum atomic E-state index is 5.32. The second-order valence-corrected chi connectivity index (χ2v) is 4.17. The molecule has 3 heteroatoms. The minimum atomic E-state index is 0.417. The van der Waals surface area contributed by atoms with Crippen molar-refractivity contribution in [1.82, 2.24) is 4.98 Å². The first-order chi connectivity index (χ1) is 7.66. The van der Waals surface area contributed by atoms with E-state index in [1.807, 2.05) is 0 Å². The summed E-state index contributed by atoms with van der Waals surface area (Å²) in [5.41, 5.74) is 3.29. The molecule has 0 saturated carbocycles. The number of aryl methyl sites for hydroxylation is 1. The van der Waals surface area contributed by atoms with Gasteiger partial charge in [-0.05, 0) is 38.5 Å². The van der Waals surface area contributed by atoms with Gasteiger partial charge in [0.05, 0.1) is 6.20 Å². The summed E-state index contributed by atoms with van der Waals surface area (Å²) in [6.45, 7) is 6.29. The van der Waals surface area contributed by atoms with Crippen LogP contribution in [0, 0.1) is 6.92 Å². The van der Waals surface area contributed by atoms with Gasteiger partial charge in [0.1, 0.15) is 6.26 Å². The van der Waals surface area contributed by atoms with Crippen LogP contribution in [0.1, 0.15) is 19.4 Å². The zero-order valence-electron chi connectivity index (χ0n) is 9.82. The van der Waals surface area contributed by atoms with Crippen LogP contribution in [0.15, 0.2) is 35.1 Å². The fourth-order valence-electron chi connectivity index (χ4n) is 1.63. The van der Waals surface area contributed by atoms with Gasteiger partial charge in [0.2, 0.25) is 5.89 Å². The summed E-state index contributed by atoms with van der Waals surface area (Å²) in [5.74, 6) is 0.671. The number of hydrogen-bond donors (Lipinski definition) is 1. The molecule has 0 saturated heterocycles. The molecule has 0 atom stereocenters. The zero-order valence-corrected chi connectivity index (χ0v) is 9.82. The topological polar surface area (TPSA) is 38.1 Å². The van der Waals surface area contributed by atoms with Gasteiger partial charge in [0, 0.05) is 17.3 Å². The van der Waals surface area contributed by atoms with Gasteiger partial charge >= 0.3 is 0 Å². The fourth-order valence-corrected chi connectivity index (χ4v) is 1.63. The Morgan fingerprint density at radius 1 is 1.31 bits per heavy atom. The first kappa shape index (κ1) is 10.7. The van der Waals surface area contributed by atoms with Gasteiger partial charge in [-0.15, -0.1) is 0 Å². The molecule has 0 aliphatic rings. The summed E-state index contributed by atoms with van der Waals surface area (Å²) in [6.07, 6.45) is 3.26. The van der Waals surface area contributed by atoms with Crippen molar-refractivity contribution in [3.8, 4) is 11.5 Å². The van der Waals surface area contributed by atoms with Crippen LogP contribution >= 0.6 is 0 Å². The molecule has 16 heavy (non-hydrogen) atoms. The number of nitrogens with zero attached hydrogens (tertiary/aromatic N) is 1. The molecule has 0 aliphatic heterocycles. The molecule has 3 nitrogen and oxygen atoms in total. The smallest absolute Gasteiger partial charge is 0.226 e. The standard InChI is InChI=1S/C13H16N2O/c1-9(2)15-11-5-4-10(3)12(8-11)13-14-6-7-16-13/h4-9,15H,1-3H3. The second kappa shape index (κ2) is 4.39. The maximum absolute atomic E-state index is 5.32. The lowest BCUT2D eigenvalue weighted by atomic mass is 10.1. The molecule has 1 aromatic carbocycles. The number of rotatable bonds is 3. The van der Waals surface area contributed by atoms with Crippen LogP contribution in [0.3, 0.4) is 0 Å². The fraction of sp³-hybridized carbons (Fsp3) is 0.308. The van der Waals surface area contributed by atoms with Gasteiger partial charge in [-0.25, -0.2) is 4.98 Å². The first-order valence-electron chi connectivity index (χ1n) is 5.44. The Hall–Kier alpha value is -1.77. The number of aromatic nitrogens is 1. The predicted molar refractivity (Wildman–Crippen MR) is 65.4 cm³/mol. The van der Waals surface area contributed by atoms with E-state index in [4.69, 9.17) is 4.42 Å². The third-order valence-corrected chi connectivity index (χ3v) is 2.36. The van der Waals surface area contributed by atoms with Crippen molar-refractivity contribution in [2.24, 2.45) is 0 Å². The number of nitrogens with one attached hydrogen (secondary N) is 1. The largest absolute Gasteiger partial charge is 0.445 e. The molecule has 2 rings (SSSR count). The second-order valence-electron chi connectivity index (χ2n) is 4.17. The van der Waals surface area contributed by atoms with E-state index < -0.39 is 0 Å². The van der Waals surface area contributed by atoms with Crippen LogP contribution in [-0.2, 0) is 0 Å². The van der Waals surface area contributed by atoms with Crippen molar-refractivity contribution < 1.29 is 4.42 Å². The van der Waals surface area contributed by atoms with E-state index >= 15 is 0 Å². The summed E-state index contributed by atoms with van der Waals surface area (Å²) >= 11 is 0. The zero-order chi connectivity index (χ0) is 11.5. The Kier molecular flexibility index (Phi) is 2.95. The molecule has 0 aliphatic carbocycles. The molecule has 0 unspecified atom stereocenters. The average molecular weight is 216 g/mol. The third kappa shape index (κ3) is 2.24. The highest BCUT2D eigenvalue weighted by molar-refractivity contribution is 5.65. The first-order valence-corrected chi connectivity index (χ1v) is 5.44. The number of hydrogen-bond acceptors (Lipinski definition) is 3. The minimum absolute atomic E-state index is 0.417. The quantitative estimate of drug-likeness (QED) is 0.853. The highest BCUT2D eigenvalue weighted by Crippen LogP contribution is 2.25. The Morgan fingerprint density at radius 3 is 2.75 bits per heavy atom. The number of anilines is 1. The van der Waals surface area contributed by atoms with Crippen molar-refractivity contribution >= 4 is 5.69 Å². The van der Waals surface area contributed by atoms with E-state index in [0.29, 0.717) is 11.9 Å². The molecule has 2 aromatic rings. The van der Waals surface area contributed by atoms with E-state index in [2.05, 4.69) is 49.3 Å². The van der Waals surface area contributed by atoms with E-state index in [1.165, 1.54) is 0 Å². The summed E-state index contributed by atoms with van der Waals surface area (Å²) in [5, 5.41) is 3.36. The normalized spacial score (nSPS) is 10.8. The number of benzene rings is 1. The summed E-state index contributed by atoms with van der Waals surface area (Å²) in [4.78, 5) is 4.17. The van der Waals surface area contributed by atoms with E-state index in [0.717, 1.165) is 16.8 Å². The summed E-state index contributed by atoms with van der Waals surface area (Å²) in [6, 6.07) is 6.63. The van der Waals surface area contributed by atoms with Gasteiger partial charge in [-0.1, -0.05) is 6.07 Å². The van der Waals surface area contributed by atoms with Gasteiger partial charge in [-0.3, -0.25) is 0 Å². The molecule has 0 amide bonds. The van der Waals surface area contributed by atoms with Crippen LogP contribution in [0.2, 0.25) is 0 Å².